The molecule has 0 fully saturated rings. The third kappa shape index (κ3) is 3.21. The SMILES string of the molecule is O=C(OC(=O)c1ccccc1)Oc1ccc(-c2ccc3cc2OO3)cc1. The van der Waals surface area contributed by atoms with Gasteiger partial charge in [0.1, 0.15) is 5.75 Å². The zero-order valence-corrected chi connectivity index (χ0v) is 13.4. The van der Waals surface area contributed by atoms with Crippen molar-refractivity contribution in [2.45, 2.75) is 0 Å². The summed E-state index contributed by atoms with van der Waals surface area (Å²) in [6.45, 7) is 0. The first-order chi connectivity index (χ1) is 12.7. The molecule has 2 bridgehead atoms. The second-order valence-corrected chi connectivity index (χ2v) is 5.46. The predicted octanol–water partition coefficient (Wildman–Crippen LogP) is 4.40. The van der Waals surface area contributed by atoms with Gasteiger partial charge in [-0.3, -0.25) is 9.78 Å². The molecule has 0 aromatic heterocycles. The molecular weight excluding hydrogens is 336 g/mol. The van der Waals surface area contributed by atoms with Crippen molar-refractivity contribution in [2.24, 2.45) is 0 Å². The van der Waals surface area contributed by atoms with E-state index < -0.39 is 12.1 Å². The normalized spacial score (nSPS) is 11.2. The van der Waals surface area contributed by atoms with Crippen LogP contribution >= 0.6 is 0 Å². The lowest BCUT2D eigenvalue weighted by Crippen LogP contribution is -2.16. The van der Waals surface area contributed by atoms with E-state index in [1.54, 1.807) is 66.7 Å². The number of fused-ring (bicyclic) bond motifs is 2. The minimum atomic E-state index is -1.09. The summed E-state index contributed by atoms with van der Waals surface area (Å²) >= 11 is 0. The van der Waals surface area contributed by atoms with Gasteiger partial charge in [-0.2, -0.15) is 0 Å². The first kappa shape index (κ1) is 15.7. The van der Waals surface area contributed by atoms with E-state index >= 15 is 0 Å². The Balaban J connectivity index is 1.41. The summed E-state index contributed by atoms with van der Waals surface area (Å²) in [6, 6.07) is 20.4. The molecule has 0 amide bonds. The largest absolute Gasteiger partial charge is 0.521 e. The average Bonchev–Trinajstić information content (AvgIpc) is 3.04. The fourth-order valence-electron chi connectivity index (χ4n) is 2.48. The highest BCUT2D eigenvalue weighted by Crippen LogP contribution is 2.38. The predicted molar refractivity (Wildman–Crippen MR) is 91.0 cm³/mol. The maximum absolute atomic E-state index is 11.8. The Morgan fingerprint density at radius 2 is 1.58 bits per heavy atom. The molecule has 6 heteroatoms. The van der Waals surface area contributed by atoms with Crippen LogP contribution in [0.2, 0.25) is 0 Å². The number of hydrogen-bond acceptors (Lipinski definition) is 6. The lowest BCUT2D eigenvalue weighted by atomic mass is 10.0. The molecule has 1 aliphatic heterocycles. The third-order valence-corrected chi connectivity index (χ3v) is 3.73. The lowest BCUT2D eigenvalue weighted by molar-refractivity contribution is -0.0842. The van der Waals surface area contributed by atoms with E-state index in [0.717, 1.165) is 11.1 Å². The number of esters is 1. The highest BCUT2D eigenvalue weighted by atomic mass is 17.2. The number of carbonyl (C=O) groups is 2. The fraction of sp³-hybridized carbons (Fsp3) is 0. The molecule has 0 saturated heterocycles. The van der Waals surface area contributed by atoms with Crippen molar-refractivity contribution in [1.82, 2.24) is 0 Å². The Kier molecular flexibility index (Phi) is 3.99. The maximum atomic E-state index is 11.8. The quantitative estimate of drug-likeness (QED) is 0.302. The zero-order valence-electron chi connectivity index (χ0n) is 13.4. The van der Waals surface area contributed by atoms with Gasteiger partial charge in [0.05, 0.1) is 5.56 Å². The van der Waals surface area contributed by atoms with Crippen molar-refractivity contribution in [2.75, 3.05) is 0 Å². The minimum Gasteiger partial charge on any atom is -0.395 e. The first-order valence-electron chi connectivity index (χ1n) is 7.77. The molecule has 0 radical (unpaired) electrons. The molecule has 0 spiro atoms. The van der Waals surface area contributed by atoms with Crippen molar-refractivity contribution in [1.29, 1.82) is 0 Å². The van der Waals surface area contributed by atoms with E-state index in [4.69, 9.17) is 14.5 Å². The van der Waals surface area contributed by atoms with Crippen LogP contribution in [0.5, 0.6) is 17.2 Å². The van der Waals surface area contributed by atoms with E-state index in [2.05, 4.69) is 4.74 Å². The molecule has 6 nitrogen and oxygen atoms in total. The summed E-state index contributed by atoms with van der Waals surface area (Å²) < 4.78 is 9.69. The van der Waals surface area contributed by atoms with Crippen molar-refractivity contribution in [3.8, 4) is 28.4 Å². The number of rotatable bonds is 3. The van der Waals surface area contributed by atoms with Crippen LogP contribution in [-0.2, 0) is 4.74 Å². The van der Waals surface area contributed by atoms with E-state index in [0.29, 0.717) is 11.5 Å². The summed E-state index contributed by atoms with van der Waals surface area (Å²) in [7, 11) is 0. The Labute approximate surface area is 148 Å². The molecule has 1 aliphatic rings. The Hall–Kier alpha value is -3.80. The summed E-state index contributed by atoms with van der Waals surface area (Å²) in [5, 5.41) is 0. The molecule has 26 heavy (non-hydrogen) atoms. The van der Waals surface area contributed by atoms with Gasteiger partial charge in [0.2, 0.25) is 0 Å². The smallest absolute Gasteiger partial charge is 0.395 e. The maximum Gasteiger partial charge on any atom is 0.521 e. The van der Waals surface area contributed by atoms with Crippen LogP contribution in [0.4, 0.5) is 4.79 Å². The second-order valence-electron chi connectivity index (χ2n) is 5.46. The summed E-state index contributed by atoms with van der Waals surface area (Å²) in [6.07, 6.45) is -1.09. The van der Waals surface area contributed by atoms with Crippen LogP contribution in [0.25, 0.3) is 11.1 Å². The molecule has 3 aromatic rings. The Morgan fingerprint density at radius 1 is 0.808 bits per heavy atom. The zero-order chi connectivity index (χ0) is 17.9. The molecule has 0 N–H and O–H groups in total. The van der Waals surface area contributed by atoms with Gasteiger partial charge in [-0.25, -0.2) is 9.59 Å². The summed E-state index contributed by atoms with van der Waals surface area (Å²) in [4.78, 5) is 33.7. The highest BCUT2D eigenvalue weighted by Gasteiger charge is 2.17. The number of hydrogen-bond donors (Lipinski definition) is 0. The molecular formula is C20H12O6. The van der Waals surface area contributed by atoms with E-state index in [1.165, 1.54) is 0 Å². The summed E-state index contributed by atoms with van der Waals surface area (Å²) in [5.74, 6) is 0.746. The molecule has 0 aliphatic carbocycles. The molecule has 0 saturated carbocycles. The average molecular weight is 348 g/mol. The Morgan fingerprint density at radius 3 is 2.35 bits per heavy atom. The van der Waals surface area contributed by atoms with Crippen molar-refractivity contribution >= 4 is 12.1 Å². The van der Waals surface area contributed by atoms with Gasteiger partial charge in [-0.15, -0.1) is 0 Å². The van der Waals surface area contributed by atoms with Gasteiger partial charge in [-0.05, 0) is 42.0 Å². The molecule has 0 atom stereocenters. The number of ether oxygens (including phenoxy) is 2. The molecule has 4 rings (SSSR count). The Bertz CT molecular complexity index is 963. The molecule has 0 unspecified atom stereocenters. The van der Waals surface area contributed by atoms with E-state index in [9.17, 15) is 9.59 Å². The fourth-order valence-corrected chi connectivity index (χ4v) is 2.48. The van der Waals surface area contributed by atoms with Crippen LogP contribution in [0.3, 0.4) is 0 Å². The van der Waals surface area contributed by atoms with Crippen molar-refractivity contribution in [3.63, 3.8) is 0 Å². The lowest BCUT2D eigenvalue weighted by Gasteiger charge is -2.06. The van der Waals surface area contributed by atoms with Gasteiger partial charge in [0, 0.05) is 11.6 Å². The number of benzene rings is 3. The minimum absolute atomic E-state index is 0.254. The monoisotopic (exact) mass is 348 g/mol. The van der Waals surface area contributed by atoms with Gasteiger partial charge < -0.3 is 9.47 Å². The molecule has 1 heterocycles. The van der Waals surface area contributed by atoms with Crippen molar-refractivity contribution in [3.05, 3.63) is 78.4 Å². The second kappa shape index (κ2) is 6.60. The van der Waals surface area contributed by atoms with E-state index in [-0.39, 0.29) is 11.3 Å². The van der Waals surface area contributed by atoms with Gasteiger partial charge in [-0.1, -0.05) is 30.3 Å². The number of carbonyl (C=O) groups excluding carboxylic acids is 2. The van der Waals surface area contributed by atoms with Crippen LogP contribution in [0.1, 0.15) is 10.4 Å². The van der Waals surface area contributed by atoms with Crippen LogP contribution in [0.15, 0.2) is 72.8 Å². The first-order valence-corrected chi connectivity index (χ1v) is 7.77. The van der Waals surface area contributed by atoms with Crippen LogP contribution < -0.4 is 14.5 Å². The van der Waals surface area contributed by atoms with Gasteiger partial charge in [0.25, 0.3) is 0 Å². The van der Waals surface area contributed by atoms with Gasteiger partial charge in [0.15, 0.2) is 11.5 Å². The third-order valence-electron chi connectivity index (χ3n) is 3.73. The standard InChI is InChI=1S/C20H12O6/c21-19(14-4-2-1-3-5-14)24-20(22)23-15-8-6-13(7-9-15)17-11-10-16-12-18(17)26-25-16/h1-12H. The van der Waals surface area contributed by atoms with Crippen LogP contribution in [0, 0.1) is 0 Å². The highest BCUT2D eigenvalue weighted by molar-refractivity contribution is 5.95. The molecule has 3 aromatic carbocycles. The van der Waals surface area contributed by atoms with E-state index in [1.807, 2.05) is 6.07 Å². The van der Waals surface area contributed by atoms with Crippen LogP contribution in [-0.4, -0.2) is 12.1 Å². The van der Waals surface area contributed by atoms with Crippen molar-refractivity contribution < 1.29 is 28.8 Å². The molecule has 128 valence electrons. The van der Waals surface area contributed by atoms with Gasteiger partial charge >= 0.3 is 12.1 Å². The topological polar surface area (TPSA) is 71.1 Å². The summed E-state index contributed by atoms with van der Waals surface area (Å²) in [5.41, 5.74) is 1.97.